The predicted molar refractivity (Wildman–Crippen MR) is 66.1 cm³/mol. The van der Waals surface area contributed by atoms with Crippen LogP contribution in [0.15, 0.2) is 91.0 Å². The van der Waals surface area contributed by atoms with Crippen LogP contribution in [-0.2, 0) is 0 Å². The Labute approximate surface area is 91.5 Å². The second kappa shape index (κ2) is 10.1. The molecule has 0 saturated heterocycles. The van der Waals surface area contributed by atoms with E-state index in [1.54, 1.807) is 0 Å². The molecule has 0 spiro atoms. The maximum atomic E-state index is 2.00. The molecule has 0 amide bonds. The Kier molecular flexibility index (Phi) is 8.26. The summed E-state index contributed by atoms with van der Waals surface area (Å²) in [7, 11) is 0. The molecule has 0 heterocycles. The first-order chi connectivity index (χ1) is 7.50. The summed E-state index contributed by atoms with van der Waals surface area (Å²) in [6, 6.07) is 30.0. The summed E-state index contributed by atoms with van der Waals surface area (Å²) in [6.07, 6.45) is 0. The molecule has 3 rings (SSSR count). The predicted octanol–water partition coefficient (Wildman–Crippen LogP) is 4.22. The van der Waals surface area contributed by atoms with Crippen molar-refractivity contribution in [1.82, 2.24) is 0 Å². The van der Waals surface area contributed by atoms with E-state index in [1.807, 2.05) is 91.0 Å². The molecule has 86 valence electrons. The zero-order chi connectivity index (χ0) is 10.6. The molecule has 3 aromatic rings. The SMILES string of the molecule is [Cm].c1cc[cH-]c1.c1cc[cH-]c1.c1cc[cH-]c1. The molecule has 0 unspecified atom stereocenters. The van der Waals surface area contributed by atoms with Crippen LogP contribution in [0.2, 0.25) is 0 Å². The average Bonchev–Trinajstić information content (AvgIpc) is 3.09. The fraction of sp³-hybridized carbons (Fsp3) is 0. The smallest absolute Gasteiger partial charge is 0 e. The molecule has 0 aliphatic rings. The Morgan fingerprint density at radius 2 is 0.562 bits per heavy atom. The van der Waals surface area contributed by atoms with Gasteiger partial charge in [-0.1, -0.05) is 0 Å². The van der Waals surface area contributed by atoms with Gasteiger partial charge in [0.1, 0.15) is 0 Å². The van der Waals surface area contributed by atoms with Crippen molar-refractivity contribution in [2.45, 2.75) is 0 Å². The van der Waals surface area contributed by atoms with Gasteiger partial charge in [0.25, 0.3) is 0 Å². The molecule has 0 aliphatic heterocycles. The van der Waals surface area contributed by atoms with E-state index < -0.39 is 0 Å². The van der Waals surface area contributed by atoms with E-state index >= 15 is 0 Å². The first-order valence-corrected chi connectivity index (χ1v) is 5.00. The minimum Gasteiger partial charge on any atom is -0.214 e. The molecule has 16 heavy (non-hydrogen) atoms. The van der Waals surface area contributed by atoms with E-state index in [1.165, 1.54) is 0 Å². The fourth-order valence-corrected chi connectivity index (χ4v) is 0.962. The Morgan fingerprint density at radius 3 is 0.625 bits per heavy atom. The van der Waals surface area contributed by atoms with Crippen molar-refractivity contribution in [3.8, 4) is 0 Å². The standard InChI is InChI=1S/3C5H5.Cm/c3*1-2-4-5-3-1;/h3*1-5H;/q3*-1;. The van der Waals surface area contributed by atoms with Crippen LogP contribution in [0.25, 0.3) is 0 Å². The van der Waals surface area contributed by atoms with Crippen LogP contribution >= 0.6 is 0 Å². The van der Waals surface area contributed by atoms with E-state index in [2.05, 4.69) is 0 Å². The first kappa shape index (κ1) is 13.1. The van der Waals surface area contributed by atoms with E-state index in [9.17, 15) is 0 Å². The van der Waals surface area contributed by atoms with Crippen LogP contribution in [0.3, 0.4) is 0 Å². The summed E-state index contributed by atoms with van der Waals surface area (Å²) < 4.78 is 0. The summed E-state index contributed by atoms with van der Waals surface area (Å²) >= 11 is 0. The molecule has 0 bridgehead atoms. The van der Waals surface area contributed by atoms with Crippen LogP contribution < -0.4 is 0 Å². The maximum absolute atomic E-state index is 2.00. The quantitative estimate of drug-likeness (QED) is 0.458. The van der Waals surface area contributed by atoms with Crippen molar-refractivity contribution in [3.05, 3.63) is 91.0 Å². The van der Waals surface area contributed by atoms with Crippen molar-refractivity contribution in [2.75, 3.05) is 0 Å². The number of hydrogen-bond acceptors (Lipinski definition) is 0. The topological polar surface area (TPSA) is 0 Å². The molecule has 3 aromatic carbocycles. The van der Waals surface area contributed by atoms with Crippen LogP contribution in [-0.4, -0.2) is 0 Å². The Balaban J connectivity index is 0.000000205. The molecule has 0 fully saturated rings. The molecule has 0 atom stereocenters. The molecule has 0 nitrogen and oxygen atoms in total. The van der Waals surface area contributed by atoms with Gasteiger partial charge in [-0.2, -0.15) is 54.6 Å². The Hall–Kier alpha value is -2.95. The van der Waals surface area contributed by atoms with Crippen LogP contribution in [0.1, 0.15) is 0 Å². The largest absolute Gasteiger partial charge is 0.214 e. The Bertz CT molecular complexity index is 237. The average molecular weight is 442 g/mol. The van der Waals surface area contributed by atoms with Gasteiger partial charge in [0.05, 0.1) is 0 Å². The van der Waals surface area contributed by atoms with E-state index in [0.29, 0.717) is 0 Å². The molecule has 0 N–H and O–H groups in total. The van der Waals surface area contributed by atoms with Crippen LogP contribution in [0.4, 0.5) is 0 Å². The third-order valence-corrected chi connectivity index (χ3v) is 1.67. The van der Waals surface area contributed by atoms with Gasteiger partial charge < -0.3 is 0 Å². The molecule has 0 aromatic heterocycles. The van der Waals surface area contributed by atoms with Crippen molar-refractivity contribution >= 4 is 0 Å². The van der Waals surface area contributed by atoms with E-state index in [4.69, 9.17) is 0 Å². The van der Waals surface area contributed by atoms with Gasteiger partial charge in [-0.15, -0.1) is 0 Å². The second-order valence-electron chi connectivity index (χ2n) is 2.89. The molecule has 0 aliphatic carbocycles. The zero-order valence-corrected chi connectivity index (χ0v) is 12.0. The normalized spacial score (nSPS) is 7.50. The third kappa shape index (κ3) is 7.69. The Morgan fingerprint density at radius 1 is 0.375 bits per heavy atom. The van der Waals surface area contributed by atoms with Gasteiger partial charge in [-0.25, -0.2) is 36.4 Å². The minimum absolute atomic E-state index is 0. The zero-order valence-electron chi connectivity index (χ0n) is 9.01. The number of hydrogen-bond donors (Lipinski definition) is 0. The summed E-state index contributed by atoms with van der Waals surface area (Å²) in [5, 5.41) is 0. The van der Waals surface area contributed by atoms with Gasteiger partial charge in [-0.05, 0) is 0 Å². The molecular weight excluding hydrogens is 427 g/mol. The summed E-state index contributed by atoms with van der Waals surface area (Å²) in [6.45, 7) is 0. The van der Waals surface area contributed by atoms with Crippen molar-refractivity contribution in [2.24, 2.45) is 0 Å². The van der Waals surface area contributed by atoms with Gasteiger partial charge in [0, 0.05) is 0 Å². The van der Waals surface area contributed by atoms with Gasteiger partial charge in [-0.3, -0.25) is 0 Å². The summed E-state index contributed by atoms with van der Waals surface area (Å²) in [4.78, 5) is 0. The molecule has 1 heteroatoms. The van der Waals surface area contributed by atoms with Gasteiger partial charge in [0.2, 0.25) is 0 Å². The second-order valence-corrected chi connectivity index (χ2v) is 2.89. The van der Waals surface area contributed by atoms with Crippen LogP contribution in [0.5, 0.6) is 0 Å². The first-order valence-electron chi connectivity index (χ1n) is 5.00. The number of rotatable bonds is 0. The van der Waals surface area contributed by atoms with Crippen molar-refractivity contribution in [1.29, 1.82) is 0 Å². The molecule has 0 radical (unpaired) electrons. The van der Waals surface area contributed by atoms with Crippen molar-refractivity contribution < 1.29 is 0 Å². The minimum atomic E-state index is 0. The van der Waals surface area contributed by atoms with Crippen molar-refractivity contribution in [3.63, 3.8) is 0 Å². The monoisotopic (exact) mass is 438 g/mol. The third-order valence-electron chi connectivity index (χ3n) is 1.67. The van der Waals surface area contributed by atoms with E-state index in [-0.39, 0.29) is 0 Å². The molecule has 0 saturated carbocycles. The van der Waals surface area contributed by atoms with Gasteiger partial charge >= 0.3 is 0 Å². The molecular formula is C15H15Cm-3. The van der Waals surface area contributed by atoms with Gasteiger partial charge in [0.15, 0.2) is 0 Å². The van der Waals surface area contributed by atoms with E-state index in [0.717, 1.165) is 0 Å². The maximum Gasteiger partial charge on any atom is 0 e. The fourth-order valence-electron chi connectivity index (χ4n) is 0.962. The van der Waals surface area contributed by atoms with Crippen LogP contribution in [0, 0.1) is 0 Å². The summed E-state index contributed by atoms with van der Waals surface area (Å²) in [5.41, 5.74) is 0. The summed E-state index contributed by atoms with van der Waals surface area (Å²) in [5.74, 6) is 0.